The van der Waals surface area contributed by atoms with Gasteiger partial charge in [0.05, 0.1) is 25.0 Å². The van der Waals surface area contributed by atoms with Crippen LogP contribution in [0.15, 0.2) is 18.5 Å². The molecule has 1 aromatic heterocycles. The van der Waals surface area contributed by atoms with Crippen LogP contribution in [0.3, 0.4) is 0 Å². The molecular formula is C17H24FN3O2. The fourth-order valence-corrected chi connectivity index (χ4v) is 4.01. The van der Waals surface area contributed by atoms with E-state index in [-0.39, 0.29) is 11.9 Å². The molecule has 4 heterocycles. The molecule has 0 spiro atoms. The molecule has 0 N–H and O–H groups in total. The van der Waals surface area contributed by atoms with Crippen molar-refractivity contribution in [2.45, 2.75) is 37.6 Å². The van der Waals surface area contributed by atoms with E-state index < -0.39 is 0 Å². The van der Waals surface area contributed by atoms with Crippen molar-refractivity contribution in [1.82, 2.24) is 14.8 Å². The molecule has 0 bridgehead atoms. The van der Waals surface area contributed by atoms with Crippen LogP contribution in [-0.4, -0.2) is 72.4 Å². The molecule has 3 aliphatic rings. The lowest BCUT2D eigenvalue weighted by Gasteiger charge is -2.38. The third-order valence-electron chi connectivity index (χ3n) is 5.20. The van der Waals surface area contributed by atoms with Crippen molar-refractivity contribution in [3.05, 3.63) is 29.8 Å². The van der Waals surface area contributed by atoms with E-state index in [1.807, 2.05) is 0 Å². The SMILES string of the molecule is Fc1cnccc1CN1C[C@@H]2OCCN(CC3CCCO3)[C@@H]2C1. The molecule has 0 aromatic carbocycles. The molecule has 23 heavy (non-hydrogen) atoms. The van der Waals surface area contributed by atoms with Gasteiger partial charge in [-0.1, -0.05) is 0 Å². The molecule has 3 aliphatic heterocycles. The van der Waals surface area contributed by atoms with E-state index in [9.17, 15) is 4.39 Å². The van der Waals surface area contributed by atoms with Gasteiger partial charge in [-0.25, -0.2) is 4.39 Å². The highest BCUT2D eigenvalue weighted by molar-refractivity contribution is 5.13. The summed E-state index contributed by atoms with van der Waals surface area (Å²) < 4.78 is 25.6. The predicted molar refractivity (Wildman–Crippen MR) is 83.5 cm³/mol. The van der Waals surface area contributed by atoms with E-state index in [0.29, 0.717) is 24.3 Å². The van der Waals surface area contributed by atoms with E-state index in [1.54, 1.807) is 12.3 Å². The van der Waals surface area contributed by atoms with Gasteiger partial charge in [0.25, 0.3) is 0 Å². The molecule has 0 radical (unpaired) electrons. The van der Waals surface area contributed by atoms with Crippen LogP contribution in [0, 0.1) is 5.82 Å². The Hall–Kier alpha value is -1.08. The molecule has 3 atom stereocenters. The largest absolute Gasteiger partial charge is 0.377 e. The molecule has 3 fully saturated rings. The Morgan fingerprint density at radius 3 is 3.04 bits per heavy atom. The Kier molecular flexibility index (Phi) is 4.57. The summed E-state index contributed by atoms with van der Waals surface area (Å²) in [6.45, 7) is 6.08. The molecule has 1 unspecified atom stereocenters. The Bertz CT molecular complexity index is 538. The van der Waals surface area contributed by atoms with E-state index in [1.165, 1.54) is 19.0 Å². The monoisotopic (exact) mass is 321 g/mol. The molecule has 0 aliphatic carbocycles. The molecule has 126 valence electrons. The maximum Gasteiger partial charge on any atom is 0.145 e. The number of rotatable bonds is 4. The first kappa shape index (κ1) is 15.4. The first-order valence-electron chi connectivity index (χ1n) is 8.57. The lowest BCUT2D eigenvalue weighted by atomic mass is 10.1. The lowest BCUT2D eigenvalue weighted by Crippen LogP contribution is -2.52. The zero-order valence-electron chi connectivity index (χ0n) is 13.4. The number of fused-ring (bicyclic) bond motifs is 1. The quantitative estimate of drug-likeness (QED) is 0.835. The second kappa shape index (κ2) is 6.81. The minimum Gasteiger partial charge on any atom is -0.377 e. The van der Waals surface area contributed by atoms with Crippen molar-refractivity contribution < 1.29 is 13.9 Å². The maximum atomic E-state index is 13.8. The summed E-state index contributed by atoms with van der Waals surface area (Å²) in [5.41, 5.74) is 0.712. The fourth-order valence-electron chi connectivity index (χ4n) is 4.01. The summed E-state index contributed by atoms with van der Waals surface area (Å²) in [6.07, 6.45) is 5.90. The highest BCUT2D eigenvalue weighted by atomic mass is 19.1. The van der Waals surface area contributed by atoms with Gasteiger partial charge in [0.2, 0.25) is 0 Å². The van der Waals surface area contributed by atoms with Gasteiger partial charge in [-0.15, -0.1) is 0 Å². The number of likely N-dealkylation sites (tertiary alicyclic amines) is 1. The average Bonchev–Trinajstić information content (AvgIpc) is 3.19. The smallest absolute Gasteiger partial charge is 0.145 e. The zero-order valence-corrected chi connectivity index (χ0v) is 13.4. The normalized spacial score (nSPS) is 32.3. The molecule has 0 saturated carbocycles. The number of morpholine rings is 1. The Morgan fingerprint density at radius 2 is 2.22 bits per heavy atom. The second-order valence-electron chi connectivity index (χ2n) is 6.77. The Morgan fingerprint density at radius 1 is 1.26 bits per heavy atom. The number of ether oxygens (including phenoxy) is 2. The van der Waals surface area contributed by atoms with Gasteiger partial charge in [-0.2, -0.15) is 0 Å². The van der Waals surface area contributed by atoms with Gasteiger partial charge in [-0.05, 0) is 18.9 Å². The molecule has 1 aromatic rings. The van der Waals surface area contributed by atoms with Crippen LogP contribution >= 0.6 is 0 Å². The minimum absolute atomic E-state index is 0.223. The molecule has 6 heteroatoms. The van der Waals surface area contributed by atoms with E-state index in [0.717, 1.165) is 39.4 Å². The van der Waals surface area contributed by atoms with Crippen molar-refractivity contribution in [1.29, 1.82) is 0 Å². The van der Waals surface area contributed by atoms with Crippen LogP contribution in [0.1, 0.15) is 18.4 Å². The Balaban J connectivity index is 1.39. The summed E-state index contributed by atoms with van der Waals surface area (Å²) in [6, 6.07) is 2.17. The minimum atomic E-state index is -0.223. The highest BCUT2D eigenvalue weighted by Crippen LogP contribution is 2.26. The van der Waals surface area contributed by atoms with E-state index in [4.69, 9.17) is 9.47 Å². The van der Waals surface area contributed by atoms with Gasteiger partial charge in [0.1, 0.15) is 5.82 Å². The number of pyridine rings is 1. The van der Waals surface area contributed by atoms with Crippen molar-refractivity contribution in [3.63, 3.8) is 0 Å². The third kappa shape index (κ3) is 3.40. The van der Waals surface area contributed by atoms with Crippen LogP contribution < -0.4 is 0 Å². The fraction of sp³-hybridized carbons (Fsp3) is 0.706. The van der Waals surface area contributed by atoms with Crippen molar-refractivity contribution in [2.24, 2.45) is 0 Å². The maximum absolute atomic E-state index is 13.8. The molecule has 4 rings (SSSR count). The standard InChI is InChI=1S/C17H24FN3O2/c18-15-8-19-4-3-13(15)9-20-11-16-17(12-20)23-7-5-21(16)10-14-2-1-6-22-14/h3-4,8,14,16-17H,1-2,5-7,9-12H2/t14?,16-,17+/m1/s1. The van der Waals surface area contributed by atoms with Gasteiger partial charge >= 0.3 is 0 Å². The van der Waals surface area contributed by atoms with Crippen molar-refractivity contribution >= 4 is 0 Å². The molecule has 0 amide bonds. The summed E-state index contributed by atoms with van der Waals surface area (Å²) in [5, 5.41) is 0. The molecular weight excluding hydrogens is 297 g/mol. The number of aromatic nitrogens is 1. The summed E-state index contributed by atoms with van der Waals surface area (Å²) >= 11 is 0. The number of hydrogen-bond acceptors (Lipinski definition) is 5. The topological polar surface area (TPSA) is 37.8 Å². The van der Waals surface area contributed by atoms with Gasteiger partial charge in [-0.3, -0.25) is 14.8 Å². The molecule has 3 saturated heterocycles. The number of hydrogen-bond donors (Lipinski definition) is 0. The summed E-state index contributed by atoms with van der Waals surface area (Å²) in [7, 11) is 0. The number of nitrogens with zero attached hydrogens (tertiary/aromatic N) is 3. The second-order valence-corrected chi connectivity index (χ2v) is 6.77. The average molecular weight is 321 g/mol. The summed E-state index contributed by atoms with van der Waals surface area (Å²) in [5.74, 6) is -0.223. The highest BCUT2D eigenvalue weighted by Gasteiger charge is 2.40. The van der Waals surface area contributed by atoms with Gasteiger partial charge in [0, 0.05) is 57.1 Å². The van der Waals surface area contributed by atoms with Crippen LogP contribution in [0.25, 0.3) is 0 Å². The van der Waals surface area contributed by atoms with Crippen LogP contribution in [0.4, 0.5) is 4.39 Å². The lowest BCUT2D eigenvalue weighted by molar-refractivity contribution is -0.0615. The number of halogens is 1. The first-order chi connectivity index (χ1) is 11.3. The van der Waals surface area contributed by atoms with Gasteiger partial charge < -0.3 is 9.47 Å². The van der Waals surface area contributed by atoms with Crippen molar-refractivity contribution in [2.75, 3.05) is 39.4 Å². The van der Waals surface area contributed by atoms with Gasteiger partial charge in [0.15, 0.2) is 0 Å². The predicted octanol–water partition coefficient (Wildman–Crippen LogP) is 1.28. The third-order valence-corrected chi connectivity index (χ3v) is 5.20. The van der Waals surface area contributed by atoms with E-state index >= 15 is 0 Å². The molecule has 5 nitrogen and oxygen atoms in total. The summed E-state index contributed by atoms with van der Waals surface area (Å²) in [4.78, 5) is 8.63. The van der Waals surface area contributed by atoms with E-state index in [2.05, 4.69) is 14.8 Å². The first-order valence-corrected chi connectivity index (χ1v) is 8.57. The van der Waals surface area contributed by atoms with Crippen LogP contribution in [0.2, 0.25) is 0 Å². The van der Waals surface area contributed by atoms with Crippen molar-refractivity contribution in [3.8, 4) is 0 Å². The Labute approximate surface area is 136 Å². The zero-order chi connectivity index (χ0) is 15.6. The van der Waals surface area contributed by atoms with Crippen LogP contribution in [0.5, 0.6) is 0 Å². The van der Waals surface area contributed by atoms with Crippen LogP contribution in [-0.2, 0) is 16.0 Å².